The van der Waals surface area contributed by atoms with Gasteiger partial charge in [0, 0.05) is 0 Å². The Hall–Kier alpha value is -0.570. The normalized spacial score (nSPS) is 47.7. The topological polar surface area (TPSA) is 29.5 Å². The lowest BCUT2D eigenvalue weighted by atomic mass is 9.93. The van der Waals surface area contributed by atoms with Crippen molar-refractivity contribution in [2.75, 3.05) is 6.61 Å². The maximum Gasteiger partial charge on any atom is 0.253 e. The summed E-state index contributed by atoms with van der Waals surface area (Å²) >= 11 is 0. The van der Waals surface area contributed by atoms with Crippen molar-refractivity contribution in [2.45, 2.75) is 32.7 Å². The predicted octanol–water partition coefficient (Wildman–Crippen LogP) is 0.949. The molecule has 0 N–H and O–H groups in total. The number of hydrogen-bond acceptors (Lipinski definition) is 2. The van der Waals surface area contributed by atoms with Gasteiger partial charge in [-0.3, -0.25) is 9.63 Å². The van der Waals surface area contributed by atoms with Crippen molar-refractivity contribution in [3.05, 3.63) is 0 Å². The van der Waals surface area contributed by atoms with E-state index < -0.39 is 0 Å². The molecular weight excluding hydrogens is 154 g/mol. The number of hydrogen-bond donors (Lipinski definition) is 0. The van der Waals surface area contributed by atoms with Gasteiger partial charge in [0.1, 0.15) is 0 Å². The highest BCUT2D eigenvalue weighted by Crippen LogP contribution is 2.70. The molecule has 0 aromatic carbocycles. The molecule has 1 amide bonds. The Labute approximate surface area is 71.6 Å². The third-order valence-corrected chi connectivity index (χ3v) is 3.85. The molecule has 0 unspecified atom stereocenters. The zero-order valence-corrected chi connectivity index (χ0v) is 7.46. The van der Waals surface area contributed by atoms with Gasteiger partial charge in [-0.2, -0.15) is 0 Å². The lowest BCUT2D eigenvalue weighted by Gasteiger charge is -2.32. The van der Waals surface area contributed by atoms with Crippen LogP contribution in [0.3, 0.4) is 0 Å². The summed E-state index contributed by atoms with van der Waals surface area (Å²) in [4.78, 5) is 16.9. The van der Waals surface area contributed by atoms with Gasteiger partial charge < -0.3 is 0 Å². The maximum atomic E-state index is 11.8. The van der Waals surface area contributed by atoms with Gasteiger partial charge in [0.25, 0.3) is 5.91 Å². The molecule has 3 nitrogen and oxygen atoms in total. The second-order valence-corrected chi connectivity index (χ2v) is 4.93. The smallest absolute Gasteiger partial charge is 0.253 e. The van der Waals surface area contributed by atoms with E-state index in [0.717, 1.165) is 19.4 Å². The van der Waals surface area contributed by atoms with E-state index in [1.54, 1.807) is 5.06 Å². The van der Waals surface area contributed by atoms with Gasteiger partial charge in [0.2, 0.25) is 0 Å². The first-order valence-corrected chi connectivity index (χ1v) is 4.53. The first kappa shape index (κ1) is 6.89. The average Bonchev–Trinajstić information content (AvgIpc) is 2.41. The number of hydroxylamine groups is 2. The van der Waals surface area contributed by atoms with E-state index in [1.807, 2.05) is 0 Å². The maximum absolute atomic E-state index is 11.8. The van der Waals surface area contributed by atoms with E-state index in [-0.39, 0.29) is 16.7 Å². The first-order valence-electron chi connectivity index (χ1n) is 4.53. The number of amides is 1. The molecule has 0 aromatic rings. The van der Waals surface area contributed by atoms with Crippen molar-refractivity contribution in [1.29, 1.82) is 0 Å². The van der Waals surface area contributed by atoms with Crippen molar-refractivity contribution in [2.24, 2.45) is 10.8 Å². The van der Waals surface area contributed by atoms with Gasteiger partial charge in [-0.05, 0) is 18.3 Å². The number of fused-ring (bicyclic) bond motifs is 1. The van der Waals surface area contributed by atoms with Gasteiger partial charge in [-0.25, -0.2) is 5.06 Å². The van der Waals surface area contributed by atoms with E-state index in [0.29, 0.717) is 6.04 Å². The number of carbonyl (C=O) groups is 1. The molecule has 0 aromatic heterocycles. The Morgan fingerprint density at radius 2 is 2.25 bits per heavy atom. The summed E-state index contributed by atoms with van der Waals surface area (Å²) in [5.41, 5.74) is 0.193. The van der Waals surface area contributed by atoms with Gasteiger partial charge in [0.05, 0.1) is 18.1 Å². The molecule has 66 valence electrons. The fourth-order valence-corrected chi connectivity index (χ4v) is 2.75. The van der Waals surface area contributed by atoms with Crippen molar-refractivity contribution < 1.29 is 9.63 Å². The molecule has 2 heterocycles. The van der Waals surface area contributed by atoms with Crippen molar-refractivity contribution >= 4 is 5.91 Å². The zero-order chi connectivity index (χ0) is 8.56. The predicted molar refractivity (Wildman–Crippen MR) is 42.0 cm³/mol. The van der Waals surface area contributed by atoms with E-state index in [1.165, 1.54) is 0 Å². The van der Waals surface area contributed by atoms with Gasteiger partial charge in [0.15, 0.2) is 0 Å². The van der Waals surface area contributed by atoms with Crippen molar-refractivity contribution in [3.8, 4) is 0 Å². The van der Waals surface area contributed by atoms with Gasteiger partial charge in [-0.15, -0.1) is 0 Å². The van der Waals surface area contributed by atoms with Crippen LogP contribution in [0.1, 0.15) is 26.7 Å². The van der Waals surface area contributed by atoms with Crippen LogP contribution in [0.25, 0.3) is 0 Å². The number of rotatable bonds is 0. The quantitative estimate of drug-likeness (QED) is 0.537. The summed E-state index contributed by atoms with van der Waals surface area (Å²) < 4.78 is 0. The molecule has 0 bridgehead atoms. The minimum absolute atomic E-state index is 0.0336. The largest absolute Gasteiger partial charge is 0.272 e. The summed E-state index contributed by atoms with van der Waals surface area (Å²) in [6.07, 6.45) is 2.08. The second-order valence-electron chi connectivity index (χ2n) is 4.93. The first-order chi connectivity index (χ1) is 5.57. The molecular formula is C9H13NO2. The lowest BCUT2D eigenvalue weighted by molar-refractivity contribution is -0.258. The summed E-state index contributed by atoms with van der Waals surface area (Å²) in [6, 6.07) is 0.402. The Balaban J connectivity index is 1.96. The molecule has 0 radical (unpaired) electrons. The Bertz CT molecular complexity index is 274. The van der Waals surface area contributed by atoms with Crippen LogP contribution < -0.4 is 0 Å². The van der Waals surface area contributed by atoms with E-state index >= 15 is 0 Å². The van der Waals surface area contributed by atoms with Crippen molar-refractivity contribution in [1.82, 2.24) is 5.06 Å². The van der Waals surface area contributed by atoms with Crippen LogP contribution in [0, 0.1) is 10.8 Å². The van der Waals surface area contributed by atoms with E-state index in [2.05, 4.69) is 13.8 Å². The van der Waals surface area contributed by atoms with Crippen LogP contribution >= 0.6 is 0 Å². The number of nitrogens with zero attached hydrogens (tertiary/aromatic N) is 1. The molecule has 3 heteroatoms. The SMILES string of the molecule is CC1(C)C[C@]12C[C@H]1CON1C2=O. The van der Waals surface area contributed by atoms with Crippen LogP contribution in [0.5, 0.6) is 0 Å². The van der Waals surface area contributed by atoms with Gasteiger partial charge >= 0.3 is 0 Å². The molecule has 2 atom stereocenters. The Kier molecular flexibility index (Phi) is 0.893. The number of carbonyl (C=O) groups excluding carboxylic acids is 1. The molecule has 1 aliphatic carbocycles. The molecule has 1 saturated carbocycles. The molecule has 12 heavy (non-hydrogen) atoms. The van der Waals surface area contributed by atoms with Crippen LogP contribution in [-0.2, 0) is 9.63 Å². The lowest BCUT2D eigenvalue weighted by Crippen LogP contribution is -2.47. The van der Waals surface area contributed by atoms with E-state index in [9.17, 15) is 4.79 Å². The molecule has 3 aliphatic rings. The minimum Gasteiger partial charge on any atom is -0.272 e. The fourth-order valence-electron chi connectivity index (χ4n) is 2.75. The fraction of sp³-hybridized carbons (Fsp3) is 0.889. The highest BCUT2D eigenvalue weighted by atomic mass is 16.7. The summed E-state index contributed by atoms with van der Waals surface area (Å²) in [6.45, 7) is 5.11. The van der Waals surface area contributed by atoms with Gasteiger partial charge in [-0.1, -0.05) is 13.8 Å². The van der Waals surface area contributed by atoms with Crippen molar-refractivity contribution in [3.63, 3.8) is 0 Å². The average molecular weight is 167 g/mol. The van der Waals surface area contributed by atoms with Crippen LogP contribution in [0.15, 0.2) is 0 Å². The minimum atomic E-state index is -0.0336. The Morgan fingerprint density at radius 3 is 2.50 bits per heavy atom. The standard InChI is InChI=1S/C9H13NO2/c1-8(2)5-9(8)3-6-4-12-10(6)7(9)11/h6H,3-5H2,1-2H3/t6-,9-/m0/s1. The zero-order valence-electron chi connectivity index (χ0n) is 7.46. The van der Waals surface area contributed by atoms with Crippen LogP contribution in [0.2, 0.25) is 0 Å². The molecule has 1 spiro atoms. The summed E-state index contributed by atoms with van der Waals surface area (Å²) in [5, 5.41) is 1.59. The highest BCUT2D eigenvalue weighted by Gasteiger charge is 2.73. The summed E-state index contributed by atoms with van der Waals surface area (Å²) in [7, 11) is 0. The molecule has 3 fully saturated rings. The molecule has 3 rings (SSSR count). The second kappa shape index (κ2) is 1.55. The third kappa shape index (κ3) is 0.505. The van der Waals surface area contributed by atoms with Crippen LogP contribution in [-0.4, -0.2) is 23.6 Å². The monoisotopic (exact) mass is 167 g/mol. The Morgan fingerprint density at radius 1 is 1.58 bits per heavy atom. The van der Waals surface area contributed by atoms with Crippen LogP contribution in [0.4, 0.5) is 0 Å². The summed E-state index contributed by atoms with van der Waals surface area (Å²) in [5.74, 6) is 0.240. The molecule has 2 aliphatic heterocycles. The third-order valence-electron chi connectivity index (χ3n) is 3.85. The highest BCUT2D eigenvalue weighted by molar-refractivity contribution is 5.89. The van der Waals surface area contributed by atoms with E-state index in [4.69, 9.17) is 4.84 Å². The molecule has 2 saturated heterocycles.